The molecule has 2 fully saturated rings. The van der Waals surface area contributed by atoms with Crippen molar-refractivity contribution in [2.45, 2.75) is 25.8 Å². The molecule has 4 heterocycles. The predicted molar refractivity (Wildman–Crippen MR) is 113 cm³/mol. The Bertz CT molecular complexity index is 812. The summed E-state index contributed by atoms with van der Waals surface area (Å²) < 4.78 is 5.39. The Morgan fingerprint density at radius 2 is 2.18 bits per heavy atom. The summed E-state index contributed by atoms with van der Waals surface area (Å²) in [6.07, 6.45) is 3.46. The first kappa shape index (κ1) is 22.7. The lowest BCUT2D eigenvalue weighted by atomic mass is 10.0. The minimum absolute atomic E-state index is 0. The maximum absolute atomic E-state index is 13.0. The number of nitrogens with one attached hydrogen (secondary N) is 1. The maximum atomic E-state index is 13.0. The molecule has 2 aliphatic rings. The molecule has 2 saturated heterocycles. The van der Waals surface area contributed by atoms with E-state index in [0.717, 1.165) is 29.3 Å². The molecule has 10 heteroatoms. The molecule has 0 aromatic carbocycles. The van der Waals surface area contributed by atoms with Crippen LogP contribution in [0.3, 0.4) is 0 Å². The second-order valence-corrected chi connectivity index (χ2v) is 7.92. The number of piperazine rings is 1. The molecule has 2 aliphatic heterocycles. The Morgan fingerprint density at radius 3 is 2.89 bits per heavy atom. The summed E-state index contributed by atoms with van der Waals surface area (Å²) >= 11 is 1.47. The highest BCUT2D eigenvalue weighted by Crippen LogP contribution is 2.29. The Morgan fingerprint density at radius 1 is 1.36 bits per heavy atom. The van der Waals surface area contributed by atoms with E-state index in [1.165, 1.54) is 11.3 Å². The monoisotopic (exact) mass is 446 g/mol. The van der Waals surface area contributed by atoms with Gasteiger partial charge in [0.2, 0.25) is 5.91 Å². The summed E-state index contributed by atoms with van der Waals surface area (Å²) in [6, 6.07) is 3.76. The molecule has 1 N–H and O–H groups in total. The third kappa shape index (κ3) is 4.51. The van der Waals surface area contributed by atoms with Gasteiger partial charge in [0.15, 0.2) is 10.8 Å². The van der Waals surface area contributed by atoms with Gasteiger partial charge in [-0.15, -0.1) is 36.2 Å². The molecule has 2 aromatic heterocycles. The van der Waals surface area contributed by atoms with Gasteiger partial charge in [0.25, 0.3) is 5.91 Å². The van der Waals surface area contributed by atoms with Crippen LogP contribution in [0.5, 0.6) is 0 Å². The van der Waals surface area contributed by atoms with Crippen molar-refractivity contribution in [2.75, 3.05) is 32.7 Å². The molecular formula is C18H24Cl2N4O3S. The molecular weight excluding hydrogens is 423 g/mol. The highest BCUT2D eigenvalue weighted by Gasteiger charge is 2.33. The quantitative estimate of drug-likeness (QED) is 0.783. The van der Waals surface area contributed by atoms with Crippen LogP contribution in [0.1, 0.15) is 28.2 Å². The van der Waals surface area contributed by atoms with Gasteiger partial charge in [-0.2, -0.15) is 0 Å². The number of thiazole rings is 1. The highest BCUT2D eigenvalue weighted by molar-refractivity contribution is 7.15. The number of likely N-dealkylation sites (tertiary alicyclic amines) is 1. The van der Waals surface area contributed by atoms with E-state index in [9.17, 15) is 9.59 Å². The smallest absolute Gasteiger partial charge is 0.273 e. The molecule has 0 saturated carbocycles. The average Bonchev–Trinajstić information content (AvgIpc) is 3.31. The van der Waals surface area contributed by atoms with Crippen LogP contribution in [0.25, 0.3) is 10.8 Å². The van der Waals surface area contributed by atoms with E-state index < -0.39 is 0 Å². The minimum atomic E-state index is -0.0520. The summed E-state index contributed by atoms with van der Waals surface area (Å²) in [5, 5.41) is 3.82. The fraction of sp³-hybridized carbons (Fsp3) is 0.500. The second kappa shape index (κ2) is 9.73. The number of furan rings is 1. The molecule has 0 bridgehead atoms. The van der Waals surface area contributed by atoms with Crippen LogP contribution in [0.2, 0.25) is 0 Å². The Labute approximate surface area is 180 Å². The minimum Gasteiger partial charge on any atom is -0.462 e. The number of aryl methyl sites for hydroxylation is 1. The largest absolute Gasteiger partial charge is 0.462 e. The van der Waals surface area contributed by atoms with Crippen LogP contribution >= 0.6 is 36.2 Å². The fourth-order valence-electron chi connectivity index (χ4n) is 3.65. The third-order valence-corrected chi connectivity index (χ3v) is 5.97. The van der Waals surface area contributed by atoms with Crippen LogP contribution in [0.15, 0.2) is 22.8 Å². The van der Waals surface area contributed by atoms with E-state index in [1.807, 2.05) is 28.9 Å². The van der Waals surface area contributed by atoms with Gasteiger partial charge in [0.1, 0.15) is 5.69 Å². The van der Waals surface area contributed by atoms with E-state index in [1.54, 1.807) is 6.26 Å². The number of carbonyl (C=O) groups is 2. The summed E-state index contributed by atoms with van der Waals surface area (Å²) in [6.45, 7) is 5.12. The van der Waals surface area contributed by atoms with E-state index in [-0.39, 0.29) is 42.7 Å². The molecule has 2 amide bonds. The van der Waals surface area contributed by atoms with Crippen LogP contribution in [-0.4, -0.2) is 65.4 Å². The number of carbonyl (C=O) groups excluding carboxylic acids is 2. The second-order valence-electron chi connectivity index (χ2n) is 6.71. The topological polar surface area (TPSA) is 78.7 Å². The molecule has 7 nitrogen and oxygen atoms in total. The summed E-state index contributed by atoms with van der Waals surface area (Å²) in [7, 11) is 0. The molecule has 0 aliphatic carbocycles. The maximum Gasteiger partial charge on any atom is 0.273 e. The van der Waals surface area contributed by atoms with Gasteiger partial charge in [-0.1, -0.05) is 0 Å². The lowest BCUT2D eigenvalue weighted by Crippen LogP contribution is -2.57. The zero-order valence-corrected chi connectivity index (χ0v) is 18.0. The number of rotatable bonds is 3. The van der Waals surface area contributed by atoms with E-state index in [0.29, 0.717) is 37.6 Å². The van der Waals surface area contributed by atoms with Crippen LogP contribution < -0.4 is 5.32 Å². The Kier molecular flexibility index (Phi) is 7.88. The van der Waals surface area contributed by atoms with Gasteiger partial charge >= 0.3 is 0 Å². The molecule has 154 valence electrons. The van der Waals surface area contributed by atoms with E-state index in [4.69, 9.17) is 4.42 Å². The number of piperidine rings is 1. The molecule has 2 aromatic rings. The molecule has 4 rings (SSSR count). The zero-order chi connectivity index (χ0) is 18.1. The van der Waals surface area contributed by atoms with Crippen molar-refractivity contribution >= 4 is 48.0 Å². The average molecular weight is 447 g/mol. The number of nitrogens with zero attached hydrogens (tertiary/aromatic N) is 3. The van der Waals surface area contributed by atoms with Crippen LogP contribution in [-0.2, 0) is 4.79 Å². The number of halogens is 2. The standard InChI is InChI=1S/C18H22N4O3S.2ClH/c1-12-16(20-17(26-12)14-5-3-9-25-14)18(24)21-7-2-4-13(11-21)22-8-6-19-10-15(22)23;;/h3,5,9,13,19H,2,4,6-8,10-11H2,1H3;2*1H. The molecule has 28 heavy (non-hydrogen) atoms. The van der Waals surface area contributed by atoms with Gasteiger partial charge in [0, 0.05) is 37.1 Å². The first-order valence-electron chi connectivity index (χ1n) is 8.94. The van der Waals surface area contributed by atoms with Crippen molar-refractivity contribution in [3.05, 3.63) is 29.0 Å². The fourth-order valence-corrected chi connectivity index (χ4v) is 4.52. The predicted octanol–water partition coefficient (Wildman–Crippen LogP) is 2.59. The lowest BCUT2D eigenvalue weighted by molar-refractivity contribution is -0.135. The number of hydrogen-bond donors (Lipinski definition) is 1. The SMILES string of the molecule is Cc1sc(-c2ccco2)nc1C(=O)N1CCCC(N2CCNCC2=O)C1.Cl.Cl. The molecule has 0 spiro atoms. The van der Waals surface area contributed by atoms with Crippen molar-refractivity contribution < 1.29 is 14.0 Å². The number of aromatic nitrogens is 1. The van der Waals surface area contributed by atoms with E-state index in [2.05, 4.69) is 10.3 Å². The molecule has 1 atom stereocenters. The Hall–Kier alpha value is -1.61. The third-order valence-electron chi connectivity index (χ3n) is 4.98. The van der Waals surface area contributed by atoms with Gasteiger partial charge in [0.05, 0.1) is 12.8 Å². The molecule has 0 radical (unpaired) electrons. The van der Waals surface area contributed by atoms with E-state index >= 15 is 0 Å². The normalized spacial score (nSPS) is 19.8. The highest BCUT2D eigenvalue weighted by atomic mass is 35.5. The molecule has 1 unspecified atom stereocenters. The van der Waals surface area contributed by atoms with Crippen molar-refractivity contribution in [3.8, 4) is 10.8 Å². The van der Waals surface area contributed by atoms with Crippen molar-refractivity contribution in [1.29, 1.82) is 0 Å². The lowest BCUT2D eigenvalue weighted by Gasteiger charge is -2.41. The Balaban J connectivity index is 0.00000140. The van der Waals surface area contributed by atoms with Gasteiger partial charge < -0.3 is 19.5 Å². The summed E-state index contributed by atoms with van der Waals surface area (Å²) in [5.41, 5.74) is 0.494. The van der Waals surface area contributed by atoms with Gasteiger partial charge in [-0.3, -0.25) is 9.59 Å². The summed E-state index contributed by atoms with van der Waals surface area (Å²) in [5.74, 6) is 0.754. The first-order valence-corrected chi connectivity index (χ1v) is 9.76. The zero-order valence-electron chi connectivity index (χ0n) is 15.6. The number of hydrogen-bond acceptors (Lipinski definition) is 6. The first-order chi connectivity index (χ1) is 12.6. The van der Waals surface area contributed by atoms with Crippen molar-refractivity contribution in [2.24, 2.45) is 0 Å². The van der Waals surface area contributed by atoms with Gasteiger partial charge in [-0.05, 0) is 31.9 Å². The van der Waals surface area contributed by atoms with Crippen LogP contribution in [0.4, 0.5) is 0 Å². The van der Waals surface area contributed by atoms with Crippen molar-refractivity contribution in [3.63, 3.8) is 0 Å². The van der Waals surface area contributed by atoms with Gasteiger partial charge in [-0.25, -0.2) is 4.98 Å². The summed E-state index contributed by atoms with van der Waals surface area (Å²) in [4.78, 5) is 34.4. The van der Waals surface area contributed by atoms with Crippen molar-refractivity contribution in [1.82, 2.24) is 20.1 Å². The van der Waals surface area contributed by atoms with Crippen LogP contribution in [0, 0.1) is 6.92 Å². The number of amides is 2.